The van der Waals surface area contributed by atoms with E-state index in [9.17, 15) is 0 Å². The zero-order valence-corrected chi connectivity index (χ0v) is 15.2. The average Bonchev–Trinajstić information content (AvgIpc) is 2.61. The van der Waals surface area contributed by atoms with Gasteiger partial charge in [0.05, 0.1) is 11.8 Å². The molecule has 0 saturated heterocycles. The Hall–Kier alpha value is -0.580. The van der Waals surface area contributed by atoms with Gasteiger partial charge in [-0.2, -0.15) is 5.10 Å². The van der Waals surface area contributed by atoms with E-state index in [1.165, 1.54) is 0 Å². The molecule has 2 atom stereocenters. The van der Waals surface area contributed by atoms with Crippen LogP contribution < -0.4 is 5.32 Å². The quantitative estimate of drug-likeness (QED) is 0.838. The molecule has 21 heavy (non-hydrogen) atoms. The van der Waals surface area contributed by atoms with Crippen LogP contribution in [0.3, 0.4) is 0 Å². The number of nitrogens with zero attached hydrogens (tertiary/aromatic N) is 2. The molecule has 5 heteroatoms. The van der Waals surface area contributed by atoms with Crippen molar-refractivity contribution in [2.75, 3.05) is 13.7 Å². The second kappa shape index (κ2) is 7.61. The third kappa shape index (κ3) is 4.70. The van der Waals surface area contributed by atoms with Gasteiger partial charge in [0.2, 0.25) is 0 Å². The molecular weight excluding hydrogens is 286 g/mol. The largest absolute Gasteiger partial charge is 0.379 e. The van der Waals surface area contributed by atoms with Crippen LogP contribution in [0.15, 0.2) is 0 Å². The standard InChI is InChI=1S/C16H30ClN3O/c1-8-9-18-13(14(21-7)16(3,4)5)10-12-11(2)19-20(6)15(12)17/h13-14,18H,8-10H2,1-7H3. The monoisotopic (exact) mass is 315 g/mol. The molecule has 0 spiro atoms. The van der Waals surface area contributed by atoms with E-state index < -0.39 is 0 Å². The maximum absolute atomic E-state index is 6.39. The van der Waals surface area contributed by atoms with E-state index in [0.717, 1.165) is 35.8 Å². The van der Waals surface area contributed by atoms with Crippen LogP contribution in [0.25, 0.3) is 0 Å². The second-order valence-electron chi connectivity index (χ2n) is 6.77. The van der Waals surface area contributed by atoms with Gasteiger partial charge in [-0.05, 0) is 31.7 Å². The summed E-state index contributed by atoms with van der Waals surface area (Å²) in [7, 11) is 3.67. The fourth-order valence-electron chi connectivity index (χ4n) is 2.86. The number of aryl methyl sites for hydroxylation is 2. The van der Waals surface area contributed by atoms with Crippen molar-refractivity contribution in [3.05, 3.63) is 16.4 Å². The van der Waals surface area contributed by atoms with Crippen LogP contribution in [0.4, 0.5) is 0 Å². The van der Waals surface area contributed by atoms with Crippen molar-refractivity contribution < 1.29 is 4.74 Å². The Morgan fingerprint density at radius 2 is 2.00 bits per heavy atom. The highest BCUT2D eigenvalue weighted by molar-refractivity contribution is 6.30. The number of nitrogens with one attached hydrogen (secondary N) is 1. The average molecular weight is 316 g/mol. The van der Waals surface area contributed by atoms with Crippen molar-refractivity contribution in [2.24, 2.45) is 12.5 Å². The van der Waals surface area contributed by atoms with Crippen LogP contribution in [0.2, 0.25) is 5.15 Å². The van der Waals surface area contributed by atoms with Crippen molar-refractivity contribution in [1.29, 1.82) is 0 Å². The van der Waals surface area contributed by atoms with Crippen molar-refractivity contribution in [3.8, 4) is 0 Å². The highest BCUT2D eigenvalue weighted by Gasteiger charge is 2.33. The molecule has 0 aromatic carbocycles. The molecule has 1 N–H and O–H groups in total. The lowest BCUT2D eigenvalue weighted by Crippen LogP contribution is -2.49. The molecule has 0 bridgehead atoms. The number of aromatic nitrogens is 2. The third-order valence-corrected chi connectivity index (χ3v) is 4.30. The minimum Gasteiger partial charge on any atom is -0.379 e. The van der Waals surface area contributed by atoms with Crippen molar-refractivity contribution >= 4 is 11.6 Å². The number of methoxy groups -OCH3 is 1. The van der Waals surface area contributed by atoms with Gasteiger partial charge in [-0.15, -0.1) is 0 Å². The Morgan fingerprint density at radius 3 is 2.38 bits per heavy atom. The van der Waals surface area contributed by atoms with Gasteiger partial charge < -0.3 is 10.1 Å². The van der Waals surface area contributed by atoms with E-state index in [4.69, 9.17) is 16.3 Å². The number of hydrogen-bond donors (Lipinski definition) is 1. The van der Waals surface area contributed by atoms with E-state index in [1.54, 1.807) is 11.8 Å². The van der Waals surface area contributed by atoms with Crippen LogP contribution in [0, 0.1) is 12.3 Å². The second-order valence-corrected chi connectivity index (χ2v) is 7.12. The maximum Gasteiger partial charge on any atom is 0.130 e. The molecule has 1 rings (SSSR count). The Bertz CT molecular complexity index is 451. The molecule has 0 aliphatic carbocycles. The lowest BCUT2D eigenvalue weighted by atomic mass is 9.82. The van der Waals surface area contributed by atoms with Crippen LogP contribution in [-0.4, -0.2) is 35.6 Å². The fraction of sp³-hybridized carbons (Fsp3) is 0.812. The van der Waals surface area contributed by atoms with Gasteiger partial charge in [0.1, 0.15) is 5.15 Å². The first kappa shape index (κ1) is 18.5. The summed E-state index contributed by atoms with van der Waals surface area (Å²) in [6.07, 6.45) is 2.03. The molecule has 0 saturated carbocycles. The summed E-state index contributed by atoms with van der Waals surface area (Å²) in [5, 5.41) is 8.75. The minimum absolute atomic E-state index is 0.0583. The predicted molar refractivity (Wildman–Crippen MR) is 89.0 cm³/mol. The molecular formula is C16H30ClN3O. The van der Waals surface area contributed by atoms with Crippen molar-refractivity contribution in [1.82, 2.24) is 15.1 Å². The number of hydrogen-bond acceptors (Lipinski definition) is 3. The van der Waals surface area contributed by atoms with Gasteiger partial charge in [0.25, 0.3) is 0 Å². The zero-order valence-electron chi connectivity index (χ0n) is 14.5. The Kier molecular flexibility index (Phi) is 6.70. The maximum atomic E-state index is 6.39. The van der Waals surface area contributed by atoms with Gasteiger partial charge in [-0.25, -0.2) is 0 Å². The molecule has 0 aliphatic heterocycles. The highest BCUT2D eigenvalue weighted by Crippen LogP contribution is 2.28. The van der Waals surface area contributed by atoms with E-state index in [2.05, 4.69) is 38.1 Å². The van der Waals surface area contributed by atoms with Crippen molar-refractivity contribution in [3.63, 3.8) is 0 Å². The zero-order chi connectivity index (χ0) is 16.2. The summed E-state index contributed by atoms with van der Waals surface area (Å²) >= 11 is 6.39. The Balaban J connectivity index is 3.02. The summed E-state index contributed by atoms with van der Waals surface area (Å²) in [6, 6.07) is 0.218. The normalized spacial score (nSPS) is 15.2. The predicted octanol–water partition coefficient (Wildman–Crippen LogP) is 3.35. The molecule has 0 radical (unpaired) electrons. The molecule has 2 unspecified atom stereocenters. The number of ether oxygens (including phenoxy) is 1. The van der Waals surface area contributed by atoms with E-state index >= 15 is 0 Å². The third-order valence-electron chi connectivity index (χ3n) is 3.82. The fourth-order valence-corrected chi connectivity index (χ4v) is 3.11. The molecule has 0 aliphatic rings. The van der Waals surface area contributed by atoms with Crippen LogP contribution in [0.5, 0.6) is 0 Å². The summed E-state index contributed by atoms with van der Waals surface area (Å²) in [5.74, 6) is 0. The molecule has 0 fully saturated rings. The molecule has 0 amide bonds. The molecule has 1 heterocycles. The first-order valence-corrected chi connectivity index (χ1v) is 8.04. The van der Waals surface area contributed by atoms with Crippen LogP contribution in [0.1, 0.15) is 45.4 Å². The topological polar surface area (TPSA) is 39.1 Å². The molecule has 1 aromatic rings. The Morgan fingerprint density at radius 1 is 1.38 bits per heavy atom. The molecule has 4 nitrogen and oxygen atoms in total. The van der Waals surface area contributed by atoms with Crippen molar-refractivity contribution in [2.45, 2.75) is 59.6 Å². The van der Waals surface area contributed by atoms with Gasteiger partial charge in [0.15, 0.2) is 0 Å². The van der Waals surface area contributed by atoms with E-state index in [0.29, 0.717) is 0 Å². The lowest BCUT2D eigenvalue weighted by molar-refractivity contribution is -0.0110. The summed E-state index contributed by atoms with van der Waals surface area (Å²) in [6.45, 7) is 11.8. The van der Waals surface area contributed by atoms with Gasteiger partial charge in [0, 0.05) is 25.8 Å². The van der Waals surface area contributed by atoms with Crippen LogP contribution >= 0.6 is 11.6 Å². The van der Waals surface area contributed by atoms with Gasteiger partial charge in [-0.1, -0.05) is 39.3 Å². The van der Waals surface area contributed by atoms with E-state index in [-0.39, 0.29) is 17.6 Å². The number of halogens is 1. The minimum atomic E-state index is 0.0583. The molecule has 1 aromatic heterocycles. The summed E-state index contributed by atoms with van der Waals surface area (Å²) in [4.78, 5) is 0. The summed E-state index contributed by atoms with van der Waals surface area (Å²) in [5.41, 5.74) is 2.16. The smallest absolute Gasteiger partial charge is 0.130 e. The highest BCUT2D eigenvalue weighted by atomic mass is 35.5. The first-order valence-electron chi connectivity index (χ1n) is 7.66. The van der Waals surface area contributed by atoms with E-state index in [1.807, 2.05) is 14.0 Å². The van der Waals surface area contributed by atoms with Gasteiger partial charge >= 0.3 is 0 Å². The van der Waals surface area contributed by atoms with Gasteiger partial charge in [-0.3, -0.25) is 4.68 Å². The van der Waals surface area contributed by atoms with Crippen LogP contribution in [-0.2, 0) is 18.2 Å². The first-order chi connectivity index (χ1) is 9.72. The Labute approximate surface area is 134 Å². The SMILES string of the molecule is CCCNC(Cc1c(C)nn(C)c1Cl)C(OC)C(C)(C)C. The molecule has 122 valence electrons. The summed E-state index contributed by atoms with van der Waals surface area (Å²) < 4.78 is 7.54. The lowest BCUT2D eigenvalue weighted by Gasteiger charge is -2.36. The number of rotatable bonds is 7.